The van der Waals surface area contributed by atoms with Crippen molar-refractivity contribution in [3.63, 3.8) is 0 Å². The number of benzene rings is 2. The fourth-order valence-corrected chi connectivity index (χ4v) is 3.91. The molecule has 0 aliphatic carbocycles. The molecule has 0 fully saturated rings. The number of carbonyl (C=O) groups is 3. The average molecular weight is 558 g/mol. The Morgan fingerprint density at radius 2 is 1.51 bits per heavy atom. The minimum Gasteiger partial charge on any atom is -0.490 e. The lowest BCUT2D eigenvalue weighted by atomic mass is 10.1. The Morgan fingerprint density at radius 3 is 2.18 bits per heavy atom. The van der Waals surface area contributed by atoms with Gasteiger partial charge in [0.15, 0.2) is 11.5 Å². The predicted octanol–water partition coefficient (Wildman–Crippen LogP) is 6.45. The lowest BCUT2D eigenvalue weighted by Crippen LogP contribution is -2.34. The van der Waals surface area contributed by atoms with Crippen molar-refractivity contribution in [2.24, 2.45) is 5.10 Å². The minimum absolute atomic E-state index is 0.137. The number of amides is 2. The number of unbranched alkanes of at least 4 members (excludes halogenated alkanes) is 8. The molecule has 0 radical (unpaired) electrons. The topological polar surface area (TPSA) is 106 Å². The molecule has 2 amide bonds. The second kappa shape index (κ2) is 18.8. The van der Waals surface area contributed by atoms with Gasteiger partial charge in [0.1, 0.15) is 0 Å². The van der Waals surface area contributed by atoms with Crippen LogP contribution in [0.2, 0.25) is 5.02 Å². The molecular weight excluding hydrogens is 518 g/mol. The summed E-state index contributed by atoms with van der Waals surface area (Å²) in [6.45, 7) is 4.25. The van der Waals surface area contributed by atoms with E-state index in [1.54, 1.807) is 42.5 Å². The molecule has 2 aromatic carbocycles. The standard InChI is InChI=1S/C30H40ClN3O5/c1-3-5-6-7-8-9-10-11-12-13-28(35)32-22-29(36)34-33-21-23-14-19-26(27(20-23)38-4-2)39-30(37)24-15-17-25(31)18-16-24/h14-21H,3-13,22H2,1-2H3,(H,32,35)(H,34,36)/b33-21+. The molecule has 0 saturated heterocycles. The summed E-state index contributed by atoms with van der Waals surface area (Å²) in [5.41, 5.74) is 3.38. The molecule has 212 valence electrons. The molecule has 0 unspecified atom stereocenters. The molecule has 0 aliphatic rings. The van der Waals surface area contributed by atoms with E-state index in [1.807, 2.05) is 6.92 Å². The van der Waals surface area contributed by atoms with Gasteiger partial charge < -0.3 is 14.8 Å². The third-order valence-corrected chi connectivity index (χ3v) is 6.16. The van der Waals surface area contributed by atoms with E-state index < -0.39 is 11.9 Å². The Kier molecular flexibility index (Phi) is 15.3. The van der Waals surface area contributed by atoms with Crippen molar-refractivity contribution in [3.05, 3.63) is 58.6 Å². The van der Waals surface area contributed by atoms with Gasteiger partial charge in [0.25, 0.3) is 5.91 Å². The number of carbonyl (C=O) groups excluding carboxylic acids is 3. The Labute approximate surface area is 236 Å². The smallest absolute Gasteiger partial charge is 0.343 e. The summed E-state index contributed by atoms with van der Waals surface area (Å²) in [7, 11) is 0. The summed E-state index contributed by atoms with van der Waals surface area (Å²) in [6, 6.07) is 11.3. The highest BCUT2D eigenvalue weighted by molar-refractivity contribution is 6.30. The Morgan fingerprint density at radius 1 is 0.846 bits per heavy atom. The molecule has 39 heavy (non-hydrogen) atoms. The molecule has 0 heterocycles. The lowest BCUT2D eigenvalue weighted by molar-refractivity contribution is -0.126. The highest BCUT2D eigenvalue weighted by atomic mass is 35.5. The zero-order chi connectivity index (χ0) is 28.3. The molecule has 0 saturated carbocycles. The molecule has 0 aliphatic heterocycles. The van der Waals surface area contributed by atoms with E-state index in [2.05, 4.69) is 22.8 Å². The van der Waals surface area contributed by atoms with Crippen LogP contribution in [0.3, 0.4) is 0 Å². The van der Waals surface area contributed by atoms with E-state index in [9.17, 15) is 14.4 Å². The van der Waals surface area contributed by atoms with Gasteiger partial charge in [-0.2, -0.15) is 5.10 Å². The van der Waals surface area contributed by atoms with Crippen LogP contribution in [-0.2, 0) is 9.59 Å². The molecule has 0 spiro atoms. The number of nitrogens with one attached hydrogen (secondary N) is 2. The van der Waals surface area contributed by atoms with Crippen LogP contribution in [0.4, 0.5) is 0 Å². The van der Waals surface area contributed by atoms with E-state index in [4.69, 9.17) is 21.1 Å². The zero-order valence-corrected chi connectivity index (χ0v) is 23.7. The van der Waals surface area contributed by atoms with Gasteiger partial charge in [-0.05, 0) is 61.4 Å². The van der Waals surface area contributed by atoms with Gasteiger partial charge in [-0.25, -0.2) is 10.2 Å². The second-order valence-electron chi connectivity index (χ2n) is 9.18. The summed E-state index contributed by atoms with van der Waals surface area (Å²) in [5, 5.41) is 7.08. The largest absolute Gasteiger partial charge is 0.490 e. The Hall–Kier alpha value is -3.39. The SMILES string of the molecule is CCCCCCCCCCCC(=O)NCC(=O)N/N=C/c1ccc(OC(=O)c2ccc(Cl)cc2)c(OCC)c1. The van der Waals surface area contributed by atoms with Crippen molar-refractivity contribution < 1.29 is 23.9 Å². The van der Waals surface area contributed by atoms with Crippen molar-refractivity contribution in [2.75, 3.05) is 13.2 Å². The predicted molar refractivity (Wildman–Crippen MR) is 155 cm³/mol. The lowest BCUT2D eigenvalue weighted by Gasteiger charge is -2.11. The summed E-state index contributed by atoms with van der Waals surface area (Å²) < 4.78 is 11.1. The Bertz CT molecular complexity index is 1070. The molecule has 0 atom stereocenters. The number of hydrogen-bond acceptors (Lipinski definition) is 6. The zero-order valence-electron chi connectivity index (χ0n) is 23.0. The van der Waals surface area contributed by atoms with Gasteiger partial charge in [0, 0.05) is 11.4 Å². The van der Waals surface area contributed by atoms with E-state index in [0.29, 0.717) is 34.9 Å². The van der Waals surface area contributed by atoms with Gasteiger partial charge in [0.05, 0.1) is 24.9 Å². The number of hydrogen-bond donors (Lipinski definition) is 2. The van der Waals surface area contributed by atoms with Crippen molar-refractivity contribution in [1.29, 1.82) is 0 Å². The Balaban J connectivity index is 1.72. The highest BCUT2D eigenvalue weighted by Crippen LogP contribution is 2.29. The fourth-order valence-electron chi connectivity index (χ4n) is 3.78. The van der Waals surface area contributed by atoms with Crippen LogP contribution in [0.1, 0.15) is 94.0 Å². The maximum Gasteiger partial charge on any atom is 0.343 e. The van der Waals surface area contributed by atoms with Gasteiger partial charge in [0.2, 0.25) is 5.91 Å². The number of ether oxygens (including phenoxy) is 2. The third kappa shape index (κ3) is 13.3. The first-order valence-electron chi connectivity index (χ1n) is 13.8. The molecular formula is C30H40ClN3O5. The average Bonchev–Trinajstić information content (AvgIpc) is 2.93. The fraction of sp³-hybridized carbons (Fsp3) is 0.467. The quantitative estimate of drug-likeness (QED) is 0.0720. The van der Waals surface area contributed by atoms with Crippen LogP contribution < -0.4 is 20.2 Å². The number of esters is 1. The van der Waals surface area contributed by atoms with Crippen molar-refractivity contribution in [3.8, 4) is 11.5 Å². The van der Waals surface area contributed by atoms with Gasteiger partial charge in [-0.1, -0.05) is 69.9 Å². The molecule has 0 bridgehead atoms. The van der Waals surface area contributed by atoms with Crippen LogP contribution in [-0.4, -0.2) is 37.1 Å². The second-order valence-corrected chi connectivity index (χ2v) is 9.62. The number of nitrogens with zero attached hydrogens (tertiary/aromatic N) is 1. The van der Waals surface area contributed by atoms with Crippen LogP contribution >= 0.6 is 11.6 Å². The first-order chi connectivity index (χ1) is 18.9. The summed E-state index contributed by atoms with van der Waals surface area (Å²) in [4.78, 5) is 36.4. The number of rotatable bonds is 18. The molecule has 9 heteroatoms. The normalized spacial score (nSPS) is 10.8. The van der Waals surface area contributed by atoms with Crippen molar-refractivity contribution in [2.45, 2.75) is 78.1 Å². The molecule has 2 aromatic rings. The molecule has 0 aromatic heterocycles. The van der Waals surface area contributed by atoms with E-state index in [0.717, 1.165) is 19.3 Å². The minimum atomic E-state index is -0.541. The molecule has 2 rings (SSSR count). The first kappa shape index (κ1) is 31.8. The maximum absolute atomic E-state index is 12.4. The summed E-state index contributed by atoms with van der Waals surface area (Å²) in [5.74, 6) is -0.486. The van der Waals surface area contributed by atoms with Gasteiger partial charge in [-0.15, -0.1) is 0 Å². The number of hydrazone groups is 1. The first-order valence-corrected chi connectivity index (χ1v) is 14.1. The van der Waals surface area contributed by atoms with Gasteiger partial charge in [-0.3, -0.25) is 9.59 Å². The third-order valence-electron chi connectivity index (χ3n) is 5.91. The van der Waals surface area contributed by atoms with Crippen LogP contribution in [0.25, 0.3) is 0 Å². The van der Waals surface area contributed by atoms with Crippen LogP contribution in [0, 0.1) is 0 Å². The van der Waals surface area contributed by atoms with Gasteiger partial charge >= 0.3 is 5.97 Å². The van der Waals surface area contributed by atoms with Crippen molar-refractivity contribution in [1.82, 2.24) is 10.7 Å². The van der Waals surface area contributed by atoms with E-state index in [1.165, 1.54) is 44.7 Å². The van der Waals surface area contributed by atoms with Crippen LogP contribution in [0.5, 0.6) is 11.5 Å². The maximum atomic E-state index is 12.4. The van der Waals surface area contributed by atoms with E-state index >= 15 is 0 Å². The molecule has 8 nitrogen and oxygen atoms in total. The highest BCUT2D eigenvalue weighted by Gasteiger charge is 2.13. The van der Waals surface area contributed by atoms with Crippen molar-refractivity contribution >= 4 is 35.6 Å². The number of halogens is 1. The summed E-state index contributed by atoms with van der Waals surface area (Å²) in [6.07, 6.45) is 12.5. The van der Waals surface area contributed by atoms with Crippen LogP contribution in [0.15, 0.2) is 47.6 Å². The molecule has 2 N–H and O–H groups in total. The monoisotopic (exact) mass is 557 g/mol. The summed E-state index contributed by atoms with van der Waals surface area (Å²) >= 11 is 5.87. The van der Waals surface area contributed by atoms with E-state index in [-0.39, 0.29) is 18.2 Å².